The predicted octanol–water partition coefficient (Wildman–Crippen LogP) is 2.33. The van der Waals surface area contributed by atoms with E-state index in [9.17, 15) is 4.79 Å². The molecule has 2 heterocycles. The van der Waals surface area contributed by atoms with Gasteiger partial charge in [-0.2, -0.15) is 5.01 Å². The van der Waals surface area contributed by atoms with Gasteiger partial charge in [-0.05, 0) is 30.7 Å². The summed E-state index contributed by atoms with van der Waals surface area (Å²) in [7, 11) is 0. The molecule has 2 aliphatic heterocycles. The van der Waals surface area contributed by atoms with Gasteiger partial charge < -0.3 is 10.1 Å². The summed E-state index contributed by atoms with van der Waals surface area (Å²) in [5.74, 6) is 0.733. The number of carbonyl (C=O) groups is 1. The number of hydrogen-bond donors (Lipinski definition) is 1. The summed E-state index contributed by atoms with van der Waals surface area (Å²) < 4.78 is 5.82. The summed E-state index contributed by atoms with van der Waals surface area (Å²) in [6, 6.07) is 15.7. The fourth-order valence-corrected chi connectivity index (χ4v) is 3.74. The standard InChI is InChI=1S/C21H26N4O2/c1-2-27-20-10-6-5-9-19(20)25-21(26)18-8-4-3-7-17(18)15-24(25)16-23-13-11-22-12-14-23/h3-10,22H,2,11-16H2,1H3. The van der Waals surface area contributed by atoms with E-state index in [1.807, 2.05) is 55.5 Å². The van der Waals surface area contributed by atoms with Crippen molar-refractivity contribution in [2.24, 2.45) is 0 Å². The highest BCUT2D eigenvalue weighted by molar-refractivity contribution is 6.08. The first-order chi connectivity index (χ1) is 13.3. The number of nitrogens with zero attached hydrogens (tertiary/aromatic N) is 3. The van der Waals surface area contributed by atoms with Gasteiger partial charge in [0.25, 0.3) is 5.91 Å². The smallest absolute Gasteiger partial charge is 0.273 e. The molecule has 1 N–H and O–H groups in total. The number of ether oxygens (including phenoxy) is 1. The molecule has 2 aromatic rings. The first-order valence-corrected chi connectivity index (χ1v) is 9.60. The molecule has 4 rings (SSSR count). The summed E-state index contributed by atoms with van der Waals surface area (Å²) in [6.07, 6.45) is 0. The molecule has 0 aromatic heterocycles. The predicted molar refractivity (Wildman–Crippen MR) is 106 cm³/mol. The summed E-state index contributed by atoms with van der Waals surface area (Å²) in [4.78, 5) is 15.8. The van der Waals surface area contributed by atoms with Gasteiger partial charge in [-0.25, -0.2) is 5.01 Å². The van der Waals surface area contributed by atoms with Crippen LogP contribution in [0.5, 0.6) is 5.75 Å². The van der Waals surface area contributed by atoms with Crippen LogP contribution in [0.3, 0.4) is 0 Å². The fourth-order valence-electron chi connectivity index (χ4n) is 3.74. The van der Waals surface area contributed by atoms with E-state index in [-0.39, 0.29) is 5.91 Å². The Hall–Kier alpha value is -2.41. The van der Waals surface area contributed by atoms with E-state index in [1.54, 1.807) is 5.01 Å². The Bertz CT molecular complexity index is 804. The molecule has 1 fully saturated rings. The normalized spacial score (nSPS) is 18.4. The molecule has 0 bridgehead atoms. The van der Waals surface area contributed by atoms with Crippen molar-refractivity contribution in [3.05, 3.63) is 59.7 Å². The quantitative estimate of drug-likeness (QED) is 0.880. The molecule has 6 nitrogen and oxygen atoms in total. The second-order valence-corrected chi connectivity index (χ2v) is 6.85. The molecule has 2 aliphatic rings. The summed E-state index contributed by atoms with van der Waals surface area (Å²) in [6.45, 7) is 7.85. The van der Waals surface area contributed by atoms with Crippen LogP contribution in [0.1, 0.15) is 22.8 Å². The first kappa shape index (κ1) is 18.0. The van der Waals surface area contributed by atoms with Crippen molar-refractivity contribution in [2.75, 3.05) is 44.5 Å². The monoisotopic (exact) mass is 366 g/mol. The van der Waals surface area contributed by atoms with E-state index in [4.69, 9.17) is 4.74 Å². The number of benzene rings is 2. The molecule has 0 unspecified atom stereocenters. The lowest BCUT2D eigenvalue weighted by Crippen LogP contribution is -2.56. The van der Waals surface area contributed by atoms with Crippen LogP contribution < -0.4 is 15.1 Å². The number of rotatable bonds is 5. The van der Waals surface area contributed by atoms with Crippen molar-refractivity contribution in [3.63, 3.8) is 0 Å². The van der Waals surface area contributed by atoms with Gasteiger partial charge in [-0.1, -0.05) is 30.3 Å². The van der Waals surface area contributed by atoms with Gasteiger partial charge in [0.05, 0.1) is 13.3 Å². The van der Waals surface area contributed by atoms with Gasteiger partial charge in [0.1, 0.15) is 11.4 Å². The Morgan fingerprint density at radius 2 is 1.78 bits per heavy atom. The van der Waals surface area contributed by atoms with Crippen LogP contribution in [-0.4, -0.2) is 55.3 Å². The Balaban J connectivity index is 1.71. The summed E-state index contributed by atoms with van der Waals surface area (Å²) >= 11 is 0. The zero-order chi connectivity index (χ0) is 18.6. The Morgan fingerprint density at radius 3 is 2.59 bits per heavy atom. The van der Waals surface area contributed by atoms with Crippen LogP contribution >= 0.6 is 0 Å². The molecule has 6 heteroatoms. The second kappa shape index (κ2) is 8.08. The third kappa shape index (κ3) is 3.69. The summed E-state index contributed by atoms with van der Waals surface area (Å²) in [5.41, 5.74) is 2.64. The zero-order valence-corrected chi connectivity index (χ0v) is 15.7. The van der Waals surface area contributed by atoms with Gasteiger partial charge in [0.2, 0.25) is 0 Å². The van der Waals surface area contributed by atoms with E-state index >= 15 is 0 Å². The highest BCUT2D eigenvalue weighted by Gasteiger charge is 2.34. The van der Waals surface area contributed by atoms with Crippen molar-refractivity contribution in [1.82, 2.24) is 15.2 Å². The van der Waals surface area contributed by atoms with Crippen LogP contribution in [0.25, 0.3) is 0 Å². The Morgan fingerprint density at radius 1 is 1.04 bits per heavy atom. The third-order valence-corrected chi connectivity index (χ3v) is 5.04. The number of nitrogens with one attached hydrogen (secondary N) is 1. The number of hydrogen-bond acceptors (Lipinski definition) is 5. The largest absolute Gasteiger partial charge is 0.492 e. The SMILES string of the molecule is CCOc1ccccc1N1C(=O)c2ccccc2CN1CN1CCNCC1. The lowest BCUT2D eigenvalue weighted by Gasteiger charge is -2.42. The maximum atomic E-state index is 13.4. The summed E-state index contributed by atoms with van der Waals surface area (Å²) in [5, 5.41) is 7.32. The van der Waals surface area contributed by atoms with Crippen LogP contribution in [-0.2, 0) is 6.54 Å². The van der Waals surface area contributed by atoms with Crippen molar-refractivity contribution in [2.45, 2.75) is 13.5 Å². The van der Waals surface area contributed by atoms with Crippen molar-refractivity contribution in [1.29, 1.82) is 0 Å². The molecular formula is C21H26N4O2. The number of para-hydroxylation sites is 2. The zero-order valence-electron chi connectivity index (χ0n) is 15.7. The number of amides is 1. The molecule has 142 valence electrons. The molecule has 0 atom stereocenters. The Labute approximate surface area is 160 Å². The maximum Gasteiger partial charge on any atom is 0.273 e. The highest BCUT2D eigenvalue weighted by Crippen LogP contribution is 2.34. The van der Waals surface area contributed by atoms with Crippen LogP contribution in [0.4, 0.5) is 5.69 Å². The first-order valence-electron chi connectivity index (χ1n) is 9.60. The van der Waals surface area contributed by atoms with Gasteiger partial charge in [0.15, 0.2) is 0 Å². The lowest BCUT2D eigenvalue weighted by molar-refractivity contribution is 0.0679. The molecule has 0 aliphatic carbocycles. The Kier molecular flexibility index (Phi) is 5.38. The molecule has 0 radical (unpaired) electrons. The molecular weight excluding hydrogens is 340 g/mol. The minimum absolute atomic E-state index is 0.000799. The fraction of sp³-hybridized carbons (Fsp3) is 0.381. The molecule has 1 amide bonds. The minimum Gasteiger partial charge on any atom is -0.492 e. The number of anilines is 1. The minimum atomic E-state index is -0.000799. The third-order valence-electron chi connectivity index (χ3n) is 5.04. The van der Waals surface area contributed by atoms with Crippen LogP contribution in [0, 0.1) is 0 Å². The van der Waals surface area contributed by atoms with Crippen LogP contribution in [0.15, 0.2) is 48.5 Å². The van der Waals surface area contributed by atoms with Gasteiger partial charge in [0, 0.05) is 38.3 Å². The van der Waals surface area contributed by atoms with E-state index in [0.717, 1.165) is 48.7 Å². The van der Waals surface area contributed by atoms with E-state index in [1.165, 1.54) is 0 Å². The molecule has 27 heavy (non-hydrogen) atoms. The molecule has 2 aromatic carbocycles. The highest BCUT2D eigenvalue weighted by atomic mass is 16.5. The van der Waals surface area contributed by atoms with Crippen LogP contribution in [0.2, 0.25) is 0 Å². The number of piperazine rings is 1. The molecule has 1 saturated heterocycles. The van der Waals surface area contributed by atoms with Crippen molar-refractivity contribution in [3.8, 4) is 5.75 Å². The lowest BCUT2D eigenvalue weighted by atomic mass is 10.0. The van der Waals surface area contributed by atoms with E-state index < -0.39 is 0 Å². The molecule has 0 saturated carbocycles. The van der Waals surface area contributed by atoms with Gasteiger partial charge in [-0.15, -0.1) is 0 Å². The van der Waals surface area contributed by atoms with Crippen molar-refractivity contribution >= 4 is 11.6 Å². The molecule has 0 spiro atoms. The van der Waals surface area contributed by atoms with Gasteiger partial charge in [-0.3, -0.25) is 9.69 Å². The van der Waals surface area contributed by atoms with Crippen molar-refractivity contribution < 1.29 is 9.53 Å². The van der Waals surface area contributed by atoms with E-state index in [0.29, 0.717) is 19.8 Å². The second-order valence-electron chi connectivity index (χ2n) is 6.85. The van der Waals surface area contributed by atoms with E-state index in [2.05, 4.69) is 15.2 Å². The van der Waals surface area contributed by atoms with Gasteiger partial charge >= 0.3 is 0 Å². The average molecular weight is 366 g/mol. The average Bonchev–Trinajstić information content (AvgIpc) is 2.70. The maximum absolute atomic E-state index is 13.4. The topological polar surface area (TPSA) is 48.1 Å². The number of hydrazine groups is 1. The number of carbonyl (C=O) groups excluding carboxylic acids is 1. The number of fused-ring (bicyclic) bond motifs is 1.